The van der Waals surface area contributed by atoms with Crippen LogP contribution in [0.2, 0.25) is 0 Å². The number of rotatable bonds is 15. The standard InChI is InChI=1S/C19H36/c1-3-5-7-9-11-13-15-17-19-18-16-14-12-10-8-6-4-2/h3,18-19H,1,4-17H2,2H3/b19-18+. The fourth-order valence-corrected chi connectivity index (χ4v) is 2.36. The Balaban J connectivity index is 3.03. The van der Waals surface area contributed by atoms with Gasteiger partial charge in [0, 0.05) is 0 Å². The number of unbranched alkanes of at least 4 members (excludes halogenated alkanes) is 12. The normalized spacial score (nSPS) is 11.2. The molecule has 0 aliphatic carbocycles. The van der Waals surface area contributed by atoms with E-state index in [1.807, 2.05) is 6.08 Å². The van der Waals surface area contributed by atoms with Crippen molar-refractivity contribution in [2.75, 3.05) is 0 Å². The zero-order valence-corrected chi connectivity index (χ0v) is 13.3. The van der Waals surface area contributed by atoms with Gasteiger partial charge in [0.2, 0.25) is 0 Å². The van der Waals surface area contributed by atoms with E-state index in [-0.39, 0.29) is 0 Å². The van der Waals surface area contributed by atoms with Crippen molar-refractivity contribution >= 4 is 0 Å². The predicted molar refractivity (Wildman–Crippen MR) is 89.6 cm³/mol. The Morgan fingerprint density at radius 2 is 1.00 bits per heavy atom. The van der Waals surface area contributed by atoms with Crippen LogP contribution in [0.15, 0.2) is 24.8 Å². The lowest BCUT2D eigenvalue weighted by atomic mass is 10.1. The lowest BCUT2D eigenvalue weighted by Gasteiger charge is -1.99. The lowest BCUT2D eigenvalue weighted by Crippen LogP contribution is -1.79. The van der Waals surface area contributed by atoms with Crippen LogP contribution >= 0.6 is 0 Å². The minimum atomic E-state index is 1.19. The van der Waals surface area contributed by atoms with Gasteiger partial charge in [-0.2, -0.15) is 0 Å². The maximum Gasteiger partial charge on any atom is -0.0351 e. The van der Waals surface area contributed by atoms with Gasteiger partial charge < -0.3 is 0 Å². The third-order valence-corrected chi connectivity index (χ3v) is 3.67. The molecule has 0 spiro atoms. The molecule has 0 fully saturated rings. The first-order valence-corrected chi connectivity index (χ1v) is 8.67. The van der Waals surface area contributed by atoms with Crippen LogP contribution in [-0.2, 0) is 0 Å². The molecular formula is C19H36. The van der Waals surface area contributed by atoms with Gasteiger partial charge in [-0.3, -0.25) is 0 Å². The SMILES string of the molecule is C=CCCCCCCC/C=C/CCCCCCCC. The molecule has 0 nitrogen and oxygen atoms in total. The van der Waals surface area contributed by atoms with E-state index in [1.165, 1.54) is 89.9 Å². The minimum Gasteiger partial charge on any atom is -0.103 e. The van der Waals surface area contributed by atoms with E-state index in [2.05, 4.69) is 25.7 Å². The van der Waals surface area contributed by atoms with Crippen molar-refractivity contribution in [3.8, 4) is 0 Å². The highest BCUT2D eigenvalue weighted by Crippen LogP contribution is 2.09. The molecule has 0 aliphatic rings. The highest BCUT2D eigenvalue weighted by Gasteiger charge is 1.89. The largest absolute Gasteiger partial charge is 0.103 e. The van der Waals surface area contributed by atoms with Crippen LogP contribution in [0.1, 0.15) is 96.8 Å². The Hall–Kier alpha value is -0.520. The number of hydrogen-bond acceptors (Lipinski definition) is 0. The van der Waals surface area contributed by atoms with Gasteiger partial charge in [0.1, 0.15) is 0 Å². The van der Waals surface area contributed by atoms with Gasteiger partial charge in [-0.05, 0) is 38.5 Å². The fourth-order valence-electron chi connectivity index (χ4n) is 2.36. The van der Waals surface area contributed by atoms with Gasteiger partial charge >= 0.3 is 0 Å². The van der Waals surface area contributed by atoms with Crippen molar-refractivity contribution in [3.05, 3.63) is 24.8 Å². The van der Waals surface area contributed by atoms with E-state index in [1.54, 1.807) is 0 Å². The number of allylic oxidation sites excluding steroid dienone is 3. The van der Waals surface area contributed by atoms with E-state index in [0.717, 1.165) is 0 Å². The van der Waals surface area contributed by atoms with Gasteiger partial charge in [0.15, 0.2) is 0 Å². The van der Waals surface area contributed by atoms with Gasteiger partial charge in [-0.25, -0.2) is 0 Å². The second kappa shape index (κ2) is 17.5. The van der Waals surface area contributed by atoms with Crippen molar-refractivity contribution in [1.29, 1.82) is 0 Å². The first-order valence-electron chi connectivity index (χ1n) is 8.67. The summed E-state index contributed by atoms with van der Waals surface area (Å²) >= 11 is 0. The third-order valence-electron chi connectivity index (χ3n) is 3.67. The smallest absolute Gasteiger partial charge is 0.0351 e. The van der Waals surface area contributed by atoms with Gasteiger partial charge in [0.25, 0.3) is 0 Å². The first kappa shape index (κ1) is 18.5. The molecular weight excluding hydrogens is 228 g/mol. The minimum absolute atomic E-state index is 1.19. The Morgan fingerprint density at radius 3 is 1.47 bits per heavy atom. The molecule has 0 heterocycles. The summed E-state index contributed by atoms with van der Waals surface area (Å²) in [6.07, 6.45) is 26.0. The van der Waals surface area contributed by atoms with Crippen LogP contribution in [0.25, 0.3) is 0 Å². The van der Waals surface area contributed by atoms with Crippen molar-refractivity contribution < 1.29 is 0 Å². The molecule has 0 bridgehead atoms. The zero-order chi connectivity index (χ0) is 14.0. The van der Waals surface area contributed by atoms with Gasteiger partial charge in [0.05, 0.1) is 0 Å². The third kappa shape index (κ3) is 17.5. The van der Waals surface area contributed by atoms with Gasteiger partial charge in [-0.15, -0.1) is 6.58 Å². The second-order valence-corrected chi connectivity index (χ2v) is 5.66. The molecule has 112 valence electrons. The maximum atomic E-state index is 3.75. The summed E-state index contributed by atoms with van der Waals surface area (Å²) in [6, 6.07) is 0. The quantitative estimate of drug-likeness (QED) is 0.216. The Labute approximate surface area is 122 Å². The molecule has 0 aromatic heterocycles. The molecule has 0 aliphatic heterocycles. The average molecular weight is 264 g/mol. The molecule has 0 radical (unpaired) electrons. The van der Waals surface area contributed by atoms with Crippen molar-refractivity contribution in [1.82, 2.24) is 0 Å². The Kier molecular flexibility index (Phi) is 17.0. The number of hydrogen-bond donors (Lipinski definition) is 0. The Bertz CT molecular complexity index is 190. The van der Waals surface area contributed by atoms with Crippen molar-refractivity contribution in [2.45, 2.75) is 96.8 Å². The molecule has 0 heteroatoms. The summed E-state index contributed by atoms with van der Waals surface area (Å²) in [6.45, 7) is 6.03. The molecule has 0 aromatic rings. The summed E-state index contributed by atoms with van der Waals surface area (Å²) in [5.74, 6) is 0. The van der Waals surface area contributed by atoms with Crippen LogP contribution in [0.5, 0.6) is 0 Å². The fraction of sp³-hybridized carbons (Fsp3) is 0.789. The lowest BCUT2D eigenvalue weighted by molar-refractivity contribution is 0.609. The predicted octanol–water partition coefficient (Wildman–Crippen LogP) is 7.21. The Morgan fingerprint density at radius 1 is 0.579 bits per heavy atom. The molecule has 0 saturated carbocycles. The zero-order valence-electron chi connectivity index (χ0n) is 13.3. The molecule has 0 rings (SSSR count). The summed E-state index contributed by atoms with van der Waals surface area (Å²) in [4.78, 5) is 0. The monoisotopic (exact) mass is 264 g/mol. The van der Waals surface area contributed by atoms with Crippen LogP contribution in [-0.4, -0.2) is 0 Å². The molecule has 0 saturated heterocycles. The topological polar surface area (TPSA) is 0 Å². The molecule has 0 N–H and O–H groups in total. The molecule has 0 aromatic carbocycles. The van der Waals surface area contributed by atoms with Crippen LogP contribution in [0.3, 0.4) is 0 Å². The van der Waals surface area contributed by atoms with Gasteiger partial charge in [-0.1, -0.05) is 76.5 Å². The molecule has 0 atom stereocenters. The van der Waals surface area contributed by atoms with Crippen molar-refractivity contribution in [3.63, 3.8) is 0 Å². The van der Waals surface area contributed by atoms with Crippen molar-refractivity contribution in [2.24, 2.45) is 0 Å². The van der Waals surface area contributed by atoms with Crippen LogP contribution in [0, 0.1) is 0 Å². The average Bonchev–Trinajstić information content (AvgIpc) is 2.43. The summed E-state index contributed by atoms with van der Waals surface area (Å²) in [5, 5.41) is 0. The second-order valence-electron chi connectivity index (χ2n) is 5.66. The highest BCUT2D eigenvalue weighted by atomic mass is 14.0. The molecule has 0 unspecified atom stereocenters. The van der Waals surface area contributed by atoms with Crippen LogP contribution < -0.4 is 0 Å². The maximum absolute atomic E-state index is 3.75. The summed E-state index contributed by atoms with van der Waals surface area (Å²) < 4.78 is 0. The van der Waals surface area contributed by atoms with E-state index in [4.69, 9.17) is 0 Å². The van der Waals surface area contributed by atoms with E-state index in [9.17, 15) is 0 Å². The first-order chi connectivity index (χ1) is 9.41. The molecule has 0 amide bonds. The summed E-state index contributed by atoms with van der Waals surface area (Å²) in [5.41, 5.74) is 0. The summed E-state index contributed by atoms with van der Waals surface area (Å²) in [7, 11) is 0. The molecule has 19 heavy (non-hydrogen) atoms. The van der Waals surface area contributed by atoms with E-state index < -0.39 is 0 Å². The van der Waals surface area contributed by atoms with Crippen LogP contribution in [0.4, 0.5) is 0 Å². The van der Waals surface area contributed by atoms with E-state index >= 15 is 0 Å². The highest BCUT2D eigenvalue weighted by molar-refractivity contribution is 4.81. The van der Waals surface area contributed by atoms with E-state index in [0.29, 0.717) is 0 Å².